The van der Waals surface area contributed by atoms with Crippen LogP contribution in [0.4, 0.5) is 0 Å². The number of likely N-dealkylation sites (N-methyl/N-ethyl adjacent to an activating group) is 1. The molecule has 3 heterocycles. The fourth-order valence-electron chi connectivity index (χ4n) is 3.68. The van der Waals surface area contributed by atoms with Crippen molar-refractivity contribution in [3.05, 3.63) is 52.9 Å². The normalized spacial score (nSPS) is 18.1. The van der Waals surface area contributed by atoms with E-state index in [4.69, 9.17) is 5.41 Å². The van der Waals surface area contributed by atoms with Gasteiger partial charge < -0.3 is 20.9 Å². The number of aliphatic imine (C=N–C) groups is 1. The molecular weight excluding hydrogens is 436 g/mol. The number of amidine groups is 1. The Labute approximate surface area is 198 Å². The maximum absolute atomic E-state index is 12.7. The second kappa shape index (κ2) is 12.1. The van der Waals surface area contributed by atoms with Gasteiger partial charge in [0.2, 0.25) is 5.91 Å². The fraction of sp³-hybridized carbons (Fsp3) is 0.375. The van der Waals surface area contributed by atoms with Crippen LogP contribution >= 0.6 is 11.3 Å². The molecule has 1 fully saturated rings. The average molecular weight is 467 g/mol. The zero-order valence-electron chi connectivity index (χ0n) is 19.0. The minimum atomic E-state index is -0.277. The molecule has 0 aliphatic carbocycles. The van der Waals surface area contributed by atoms with Gasteiger partial charge in [-0.05, 0) is 43.9 Å². The van der Waals surface area contributed by atoms with Crippen molar-refractivity contribution < 1.29 is 9.59 Å². The number of rotatable bonds is 11. The number of pyridine rings is 1. The van der Waals surface area contributed by atoms with Gasteiger partial charge in [-0.3, -0.25) is 14.6 Å². The van der Waals surface area contributed by atoms with Crippen LogP contribution in [0.1, 0.15) is 37.5 Å². The van der Waals surface area contributed by atoms with Gasteiger partial charge in [-0.25, -0.2) is 4.99 Å². The van der Waals surface area contributed by atoms with Gasteiger partial charge in [-0.15, -0.1) is 11.3 Å². The topological polar surface area (TPSA) is 111 Å². The molecule has 1 saturated heterocycles. The molecule has 0 spiro atoms. The highest BCUT2D eigenvalue weighted by atomic mass is 32.1. The van der Waals surface area contributed by atoms with E-state index in [1.54, 1.807) is 17.5 Å². The second-order valence-electron chi connectivity index (χ2n) is 7.80. The first-order valence-corrected chi connectivity index (χ1v) is 11.8. The molecule has 0 bridgehead atoms. The molecule has 9 heteroatoms. The Bertz CT molecular complexity index is 1050. The molecule has 0 radical (unpaired) electrons. The van der Waals surface area contributed by atoms with Gasteiger partial charge in [-0.1, -0.05) is 6.08 Å². The molecule has 1 unspecified atom stereocenters. The van der Waals surface area contributed by atoms with Crippen LogP contribution in [0, 0.1) is 5.41 Å². The van der Waals surface area contributed by atoms with E-state index in [-0.39, 0.29) is 11.9 Å². The number of fused-ring (bicyclic) bond motifs is 1. The summed E-state index contributed by atoms with van der Waals surface area (Å²) < 4.78 is 1.16. The van der Waals surface area contributed by atoms with Gasteiger partial charge in [0, 0.05) is 53.6 Å². The first-order chi connectivity index (χ1) is 16.0. The predicted molar refractivity (Wildman–Crippen MR) is 134 cm³/mol. The lowest BCUT2D eigenvalue weighted by Crippen LogP contribution is -2.42. The molecule has 8 nitrogen and oxygen atoms in total. The number of allylic oxidation sites excluding steroid dienone is 3. The van der Waals surface area contributed by atoms with Crippen molar-refractivity contribution in [2.75, 3.05) is 13.6 Å². The highest BCUT2D eigenvalue weighted by Gasteiger charge is 2.31. The van der Waals surface area contributed by atoms with Crippen LogP contribution in [-0.2, 0) is 16.1 Å². The van der Waals surface area contributed by atoms with E-state index in [0.717, 1.165) is 45.5 Å². The molecule has 0 aromatic carbocycles. The van der Waals surface area contributed by atoms with Crippen LogP contribution < -0.4 is 10.6 Å². The molecule has 0 saturated carbocycles. The number of carbonyl (C=O) groups excluding carboxylic acids is 2. The molecule has 174 valence electrons. The zero-order chi connectivity index (χ0) is 23.6. The highest BCUT2D eigenvalue weighted by molar-refractivity contribution is 7.19. The molecular formula is C24H30N6O2S. The molecule has 1 atom stereocenters. The Balaban J connectivity index is 1.50. The summed E-state index contributed by atoms with van der Waals surface area (Å²) in [6.45, 7) is 3.02. The van der Waals surface area contributed by atoms with Gasteiger partial charge in [0.05, 0.1) is 18.4 Å². The number of likely N-dealkylation sites (tertiary alicyclic amines) is 1. The van der Waals surface area contributed by atoms with Crippen LogP contribution in [-0.4, -0.2) is 53.8 Å². The summed E-state index contributed by atoms with van der Waals surface area (Å²) in [5.74, 6) is 0.756. The molecule has 1 aliphatic rings. The van der Waals surface area contributed by atoms with Crippen molar-refractivity contribution >= 4 is 45.7 Å². The largest absolute Gasteiger partial charge is 0.381 e. The van der Waals surface area contributed by atoms with E-state index in [1.165, 1.54) is 12.4 Å². The summed E-state index contributed by atoms with van der Waals surface area (Å²) in [7, 11) is 1.86. The monoisotopic (exact) mass is 466 g/mol. The third kappa shape index (κ3) is 6.58. The molecule has 1 aliphatic heterocycles. The van der Waals surface area contributed by atoms with E-state index >= 15 is 0 Å². The van der Waals surface area contributed by atoms with Crippen molar-refractivity contribution in [1.29, 1.82) is 5.41 Å². The summed E-state index contributed by atoms with van der Waals surface area (Å²) in [6, 6.07) is 3.76. The number of hydrogen-bond donors (Lipinski definition) is 3. The number of aromatic nitrogens is 1. The van der Waals surface area contributed by atoms with Crippen molar-refractivity contribution in [2.45, 2.75) is 45.2 Å². The van der Waals surface area contributed by atoms with E-state index in [2.05, 4.69) is 26.7 Å². The predicted octanol–water partition coefficient (Wildman–Crippen LogP) is 3.41. The lowest BCUT2D eigenvalue weighted by molar-refractivity contribution is -0.124. The number of nitrogens with zero attached hydrogens (tertiary/aromatic N) is 3. The van der Waals surface area contributed by atoms with E-state index in [1.807, 2.05) is 37.2 Å². The quantitative estimate of drug-likeness (QED) is 0.203. The number of aldehydes is 1. The van der Waals surface area contributed by atoms with E-state index in [0.29, 0.717) is 31.6 Å². The fourth-order valence-corrected chi connectivity index (χ4v) is 4.65. The van der Waals surface area contributed by atoms with Gasteiger partial charge in [0.1, 0.15) is 11.9 Å². The number of hydrogen-bond acceptors (Lipinski definition) is 7. The van der Waals surface area contributed by atoms with Crippen molar-refractivity contribution in [2.24, 2.45) is 4.99 Å². The van der Waals surface area contributed by atoms with Gasteiger partial charge in [0.25, 0.3) is 0 Å². The summed E-state index contributed by atoms with van der Waals surface area (Å²) in [5, 5.41) is 14.5. The van der Waals surface area contributed by atoms with Crippen LogP contribution in [0.2, 0.25) is 0 Å². The van der Waals surface area contributed by atoms with Crippen LogP contribution in [0.25, 0.3) is 10.1 Å². The zero-order valence-corrected chi connectivity index (χ0v) is 19.8. The highest BCUT2D eigenvalue weighted by Crippen LogP contribution is 2.24. The minimum absolute atomic E-state index is 0.0259. The standard InChI is InChI=1S/C24H30N6O2S/c1-3-17(12-25)5-4-9-27-19(16-31)14-28-23-7-6-21(30(23)2)24(32)29-15-20-11-18-13-26-10-8-22(18)33-20/h3,8,10-14,16,21,25,27H,4-7,9,15H2,1-2H3,(H,29,32)/b17-3-,19-14+,25-12?,28-23?. The molecule has 3 rings (SSSR count). The summed E-state index contributed by atoms with van der Waals surface area (Å²) in [5.41, 5.74) is 1.37. The van der Waals surface area contributed by atoms with Crippen molar-refractivity contribution in [1.82, 2.24) is 20.5 Å². The first kappa shape index (κ1) is 24.3. The third-order valence-corrected chi connectivity index (χ3v) is 6.75. The maximum atomic E-state index is 12.7. The first-order valence-electron chi connectivity index (χ1n) is 11.0. The lowest BCUT2D eigenvalue weighted by atomic mass is 10.1. The van der Waals surface area contributed by atoms with Gasteiger partial charge >= 0.3 is 0 Å². The Kier molecular flexibility index (Phi) is 8.88. The van der Waals surface area contributed by atoms with E-state index in [9.17, 15) is 9.59 Å². The Morgan fingerprint density at radius 3 is 3.00 bits per heavy atom. The maximum Gasteiger partial charge on any atom is 0.243 e. The molecule has 33 heavy (non-hydrogen) atoms. The molecule has 2 aromatic heterocycles. The Hall–Kier alpha value is -3.33. The minimum Gasteiger partial charge on any atom is -0.381 e. The van der Waals surface area contributed by atoms with Crippen LogP contribution in [0.5, 0.6) is 0 Å². The number of amides is 1. The molecule has 2 aromatic rings. The summed E-state index contributed by atoms with van der Waals surface area (Å²) in [4.78, 5) is 35.7. The van der Waals surface area contributed by atoms with Gasteiger partial charge in [-0.2, -0.15) is 0 Å². The Morgan fingerprint density at radius 2 is 2.27 bits per heavy atom. The summed E-state index contributed by atoms with van der Waals surface area (Å²) in [6.07, 6.45) is 12.1. The van der Waals surface area contributed by atoms with Gasteiger partial charge in [0.15, 0.2) is 6.29 Å². The van der Waals surface area contributed by atoms with Crippen LogP contribution in [0.15, 0.2) is 53.1 Å². The number of thiophene rings is 1. The Morgan fingerprint density at radius 1 is 1.42 bits per heavy atom. The average Bonchev–Trinajstić information content (AvgIpc) is 3.42. The molecule has 1 amide bonds. The number of carbonyl (C=O) groups is 2. The van der Waals surface area contributed by atoms with Crippen LogP contribution in [0.3, 0.4) is 0 Å². The van der Waals surface area contributed by atoms with Crippen molar-refractivity contribution in [3.63, 3.8) is 0 Å². The van der Waals surface area contributed by atoms with Crippen molar-refractivity contribution in [3.8, 4) is 0 Å². The molecule has 3 N–H and O–H groups in total. The number of nitrogens with one attached hydrogen (secondary N) is 3. The smallest absolute Gasteiger partial charge is 0.243 e. The third-order valence-electron chi connectivity index (χ3n) is 5.63. The summed E-state index contributed by atoms with van der Waals surface area (Å²) >= 11 is 1.65. The van der Waals surface area contributed by atoms with E-state index < -0.39 is 0 Å². The second-order valence-corrected chi connectivity index (χ2v) is 8.96. The lowest BCUT2D eigenvalue weighted by Gasteiger charge is -2.21. The SMILES string of the molecule is C/C=C(\C=N)CCCN/C(C=O)=C/N=C1CCC(C(=O)NCc2cc3cnccc3s2)N1C.